The number of halogens is 1. The van der Waals surface area contributed by atoms with Crippen LogP contribution >= 0.6 is 27.3 Å². The van der Waals surface area contributed by atoms with E-state index < -0.39 is 0 Å². The van der Waals surface area contributed by atoms with Gasteiger partial charge in [-0.25, -0.2) is 4.98 Å². The lowest BCUT2D eigenvalue weighted by molar-refractivity contribution is 0.991. The maximum Gasteiger partial charge on any atom is 0.0801 e. The van der Waals surface area contributed by atoms with Gasteiger partial charge in [0.1, 0.15) is 0 Å². The van der Waals surface area contributed by atoms with Crippen LogP contribution in [0.2, 0.25) is 0 Å². The number of hydrogen-bond donors (Lipinski definition) is 0. The number of aromatic nitrogens is 1. The van der Waals surface area contributed by atoms with E-state index in [1.165, 1.54) is 9.36 Å². The molecule has 1 aliphatic rings. The predicted molar refractivity (Wildman–Crippen MR) is 47.3 cm³/mol. The Morgan fingerprint density at radius 3 is 3.30 bits per heavy atom. The molecule has 0 amide bonds. The van der Waals surface area contributed by atoms with Crippen molar-refractivity contribution in [2.75, 3.05) is 0 Å². The second-order valence-electron chi connectivity index (χ2n) is 2.25. The molecular weight excluding hydrogens is 210 g/mol. The zero-order valence-corrected chi connectivity index (χ0v) is 7.70. The highest BCUT2D eigenvalue weighted by Gasteiger charge is 2.09. The molecular formula is C7H6BrNS. The van der Waals surface area contributed by atoms with Gasteiger partial charge in [-0.1, -0.05) is 15.9 Å². The summed E-state index contributed by atoms with van der Waals surface area (Å²) in [5, 5.41) is 0. The molecule has 0 atom stereocenters. The van der Waals surface area contributed by atoms with Crippen LogP contribution in [0, 0.1) is 0 Å². The Morgan fingerprint density at radius 2 is 2.40 bits per heavy atom. The average Bonchev–Trinajstić information content (AvgIpc) is 2.33. The number of allylic oxidation sites excluding steroid dienone is 1. The summed E-state index contributed by atoms with van der Waals surface area (Å²) in [6.45, 7) is 0. The number of thiazole rings is 1. The molecule has 0 spiro atoms. The summed E-state index contributed by atoms with van der Waals surface area (Å²) in [5.41, 5.74) is 3.07. The summed E-state index contributed by atoms with van der Waals surface area (Å²) in [4.78, 5) is 5.64. The minimum Gasteiger partial charge on any atom is -0.245 e. The Balaban J connectivity index is 2.50. The minimum atomic E-state index is 1.13. The lowest BCUT2D eigenvalue weighted by atomic mass is 10.1. The Morgan fingerprint density at radius 1 is 1.50 bits per heavy atom. The van der Waals surface area contributed by atoms with Gasteiger partial charge in [0, 0.05) is 4.88 Å². The smallest absolute Gasteiger partial charge is 0.0801 e. The van der Waals surface area contributed by atoms with Crippen molar-refractivity contribution in [1.29, 1.82) is 0 Å². The van der Waals surface area contributed by atoms with Gasteiger partial charge in [-0.2, -0.15) is 0 Å². The van der Waals surface area contributed by atoms with Crippen LogP contribution in [0.5, 0.6) is 0 Å². The van der Waals surface area contributed by atoms with E-state index in [2.05, 4.69) is 27.0 Å². The highest BCUT2D eigenvalue weighted by Crippen LogP contribution is 2.28. The predicted octanol–water partition coefficient (Wildman–Crippen LogP) is 2.83. The number of rotatable bonds is 0. The standard InChI is InChI=1S/C7H6BrNS/c8-5-1-2-7-6(3-5)9-4-10-7/h3-4H,1-2H2. The van der Waals surface area contributed by atoms with E-state index in [9.17, 15) is 0 Å². The number of aryl methyl sites for hydroxylation is 1. The van der Waals surface area contributed by atoms with Crippen molar-refractivity contribution < 1.29 is 0 Å². The van der Waals surface area contributed by atoms with Gasteiger partial charge < -0.3 is 0 Å². The molecule has 0 saturated heterocycles. The van der Waals surface area contributed by atoms with Crippen molar-refractivity contribution in [3.05, 3.63) is 20.6 Å². The Hall–Kier alpha value is -0.150. The Kier molecular flexibility index (Phi) is 1.62. The maximum absolute atomic E-state index is 4.22. The Labute approximate surface area is 71.9 Å². The summed E-state index contributed by atoms with van der Waals surface area (Å²) in [5.74, 6) is 0. The van der Waals surface area contributed by atoms with Crippen LogP contribution in [0.4, 0.5) is 0 Å². The van der Waals surface area contributed by atoms with Gasteiger partial charge >= 0.3 is 0 Å². The first-order chi connectivity index (χ1) is 4.86. The second-order valence-corrected chi connectivity index (χ2v) is 4.21. The van der Waals surface area contributed by atoms with E-state index in [0.717, 1.165) is 18.5 Å². The molecule has 0 saturated carbocycles. The lowest BCUT2D eigenvalue weighted by Gasteiger charge is -2.04. The van der Waals surface area contributed by atoms with Crippen LogP contribution in [-0.2, 0) is 6.42 Å². The third kappa shape index (κ3) is 1.04. The molecule has 0 unspecified atom stereocenters. The number of fused-ring (bicyclic) bond motifs is 1. The van der Waals surface area contributed by atoms with Gasteiger partial charge in [-0.3, -0.25) is 0 Å². The molecule has 0 fully saturated rings. The molecule has 1 aromatic rings. The van der Waals surface area contributed by atoms with Crippen molar-refractivity contribution >= 4 is 33.3 Å². The molecule has 1 nitrogen and oxygen atoms in total. The van der Waals surface area contributed by atoms with Gasteiger partial charge in [0.15, 0.2) is 0 Å². The van der Waals surface area contributed by atoms with E-state index in [4.69, 9.17) is 0 Å². The topological polar surface area (TPSA) is 12.9 Å². The maximum atomic E-state index is 4.22. The van der Waals surface area contributed by atoms with Crippen LogP contribution in [0.1, 0.15) is 17.0 Å². The Bertz CT molecular complexity index is 277. The molecule has 0 aliphatic heterocycles. The highest BCUT2D eigenvalue weighted by atomic mass is 79.9. The third-order valence-corrected chi connectivity index (χ3v) is 3.09. The van der Waals surface area contributed by atoms with Crippen molar-refractivity contribution in [1.82, 2.24) is 4.98 Å². The largest absolute Gasteiger partial charge is 0.245 e. The van der Waals surface area contributed by atoms with Crippen LogP contribution < -0.4 is 0 Å². The minimum absolute atomic E-state index is 1.13. The molecule has 1 aromatic heterocycles. The highest BCUT2D eigenvalue weighted by molar-refractivity contribution is 9.11. The monoisotopic (exact) mass is 215 g/mol. The number of hydrogen-bond acceptors (Lipinski definition) is 2. The second kappa shape index (κ2) is 2.47. The van der Waals surface area contributed by atoms with Crippen LogP contribution in [0.3, 0.4) is 0 Å². The lowest BCUT2D eigenvalue weighted by Crippen LogP contribution is -1.91. The van der Waals surface area contributed by atoms with E-state index >= 15 is 0 Å². The molecule has 0 bridgehead atoms. The molecule has 0 N–H and O–H groups in total. The average molecular weight is 216 g/mol. The first-order valence-electron chi connectivity index (χ1n) is 3.15. The van der Waals surface area contributed by atoms with Gasteiger partial charge in [0.05, 0.1) is 11.2 Å². The van der Waals surface area contributed by atoms with Crippen molar-refractivity contribution in [3.8, 4) is 0 Å². The fraction of sp³-hybridized carbons (Fsp3) is 0.286. The normalized spacial score (nSPS) is 16.3. The van der Waals surface area contributed by atoms with Crippen LogP contribution in [0.25, 0.3) is 6.08 Å². The molecule has 0 aromatic carbocycles. The first kappa shape index (κ1) is 6.55. The molecule has 1 aliphatic carbocycles. The first-order valence-corrected chi connectivity index (χ1v) is 4.82. The van der Waals surface area contributed by atoms with Gasteiger partial charge in [0.25, 0.3) is 0 Å². The van der Waals surface area contributed by atoms with E-state index in [0.29, 0.717) is 0 Å². The zero-order chi connectivity index (χ0) is 6.97. The van der Waals surface area contributed by atoms with Crippen molar-refractivity contribution in [2.24, 2.45) is 0 Å². The molecule has 3 heteroatoms. The number of nitrogens with zero attached hydrogens (tertiary/aromatic N) is 1. The summed E-state index contributed by atoms with van der Waals surface area (Å²) in [6.07, 6.45) is 4.39. The molecule has 1 heterocycles. The van der Waals surface area contributed by atoms with E-state index in [-0.39, 0.29) is 0 Å². The SMILES string of the molecule is BrC1=Cc2ncsc2CC1. The summed E-state index contributed by atoms with van der Waals surface area (Å²) in [7, 11) is 0. The van der Waals surface area contributed by atoms with E-state index in [1.807, 2.05) is 5.51 Å². The van der Waals surface area contributed by atoms with Crippen molar-refractivity contribution in [2.45, 2.75) is 12.8 Å². The zero-order valence-electron chi connectivity index (χ0n) is 5.30. The summed E-state index contributed by atoms with van der Waals surface area (Å²) >= 11 is 5.22. The van der Waals surface area contributed by atoms with E-state index in [1.54, 1.807) is 11.3 Å². The molecule has 10 heavy (non-hydrogen) atoms. The fourth-order valence-corrected chi connectivity index (χ4v) is 2.20. The van der Waals surface area contributed by atoms with Gasteiger partial charge in [-0.05, 0) is 23.4 Å². The summed E-state index contributed by atoms with van der Waals surface area (Å²) in [6, 6.07) is 0. The fourth-order valence-electron chi connectivity index (χ4n) is 1.04. The van der Waals surface area contributed by atoms with Crippen LogP contribution in [0.15, 0.2) is 9.99 Å². The molecule has 0 radical (unpaired) electrons. The molecule has 2 rings (SSSR count). The van der Waals surface area contributed by atoms with Gasteiger partial charge in [-0.15, -0.1) is 11.3 Å². The van der Waals surface area contributed by atoms with Crippen molar-refractivity contribution in [3.63, 3.8) is 0 Å². The summed E-state index contributed by atoms with van der Waals surface area (Å²) < 4.78 is 1.27. The third-order valence-electron chi connectivity index (χ3n) is 1.56. The quantitative estimate of drug-likeness (QED) is 0.649. The van der Waals surface area contributed by atoms with Crippen LogP contribution in [-0.4, -0.2) is 4.98 Å². The molecule has 52 valence electrons. The van der Waals surface area contributed by atoms with Gasteiger partial charge in [0.2, 0.25) is 0 Å².